The lowest BCUT2D eigenvalue weighted by atomic mass is 9.98. The molecule has 3 rings (SSSR count). The quantitative estimate of drug-likeness (QED) is 0.646. The Hall–Kier alpha value is -2.34. The summed E-state index contributed by atoms with van der Waals surface area (Å²) < 4.78 is 0. The summed E-state index contributed by atoms with van der Waals surface area (Å²) in [5.41, 5.74) is 9.76. The van der Waals surface area contributed by atoms with Crippen LogP contribution in [-0.4, -0.2) is 22.9 Å². The number of nitrogens with one attached hydrogen (secondary N) is 3. The van der Waals surface area contributed by atoms with E-state index >= 15 is 0 Å². The van der Waals surface area contributed by atoms with Crippen molar-refractivity contribution >= 4 is 17.3 Å². The first-order valence-corrected chi connectivity index (χ1v) is 8.49. The molecular weight excluding hydrogens is 302 g/mol. The van der Waals surface area contributed by atoms with Gasteiger partial charge in [-0.05, 0) is 30.5 Å². The predicted molar refractivity (Wildman–Crippen MR) is 96.8 cm³/mol. The maximum absolute atomic E-state index is 12.4. The SMILES string of the molecule is CNc1ccc2c(c1)NC(=O)CC(C)CCCC(N)c1ncc-2[nH]1. The minimum atomic E-state index is -0.101. The molecule has 1 aromatic carbocycles. The topological polar surface area (TPSA) is 95.8 Å². The van der Waals surface area contributed by atoms with Crippen molar-refractivity contribution in [3.05, 3.63) is 30.2 Å². The summed E-state index contributed by atoms with van der Waals surface area (Å²) in [6.07, 6.45) is 5.14. The van der Waals surface area contributed by atoms with Gasteiger partial charge in [0.25, 0.3) is 0 Å². The smallest absolute Gasteiger partial charge is 0.224 e. The molecule has 2 bridgehead atoms. The highest BCUT2D eigenvalue weighted by Gasteiger charge is 2.18. The van der Waals surface area contributed by atoms with E-state index < -0.39 is 0 Å². The second-order valence-corrected chi connectivity index (χ2v) is 6.59. The Labute approximate surface area is 142 Å². The molecule has 24 heavy (non-hydrogen) atoms. The van der Waals surface area contributed by atoms with Gasteiger partial charge in [-0.1, -0.05) is 19.8 Å². The maximum atomic E-state index is 12.4. The fourth-order valence-corrected chi connectivity index (χ4v) is 3.14. The fraction of sp³-hybridized carbons (Fsp3) is 0.444. The molecule has 128 valence electrons. The van der Waals surface area contributed by atoms with Gasteiger partial charge in [0.1, 0.15) is 5.82 Å². The summed E-state index contributed by atoms with van der Waals surface area (Å²) in [5, 5.41) is 6.16. The van der Waals surface area contributed by atoms with Crippen molar-refractivity contribution in [1.29, 1.82) is 0 Å². The van der Waals surface area contributed by atoms with Crippen LogP contribution in [0.3, 0.4) is 0 Å². The zero-order valence-corrected chi connectivity index (χ0v) is 14.2. The number of hydrogen-bond donors (Lipinski definition) is 4. The molecule has 2 heterocycles. The van der Waals surface area contributed by atoms with Crippen molar-refractivity contribution in [3.8, 4) is 11.3 Å². The number of amides is 1. The molecule has 0 saturated heterocycles. The van der Waals surface area contributed by atoms with Crippen molar-refractivity contribution < 1.29 is 4.79 Å². The Morgan fingerprint density at radius 3 is 2.96 bits per heavy atom. The number of H-pyrrole nitrogens is 1. The second-order valence-electron chi connectivity index (χ2n) is 6.59. The molecule has 1 aromatic heterocycles. The van der Waals surface area contributed by atoms with E-state index in [1.807, 2.05) is 25.2 Å². The second kappa shape index (κ2) is 7.05. The van der Waals surface area contributed by atoms with Crippen LogP contribution in [0.5, 0.6) is 0 Å². The molecule has 1 aliphatic rings. The molecule has 0 saturated carbocycles. The highest BCUT2D eigenvalue weighted by atomic mass is 16.1. The molecule has 0 aliphatic carbocycles. The summed E-state index contributed by atoms with van der Waals surface area (Å²) in [6.45, 7) is 2.11. The Balaban J connectivity index is 2.02. The Bertz CT molecular complexity index is 724. The van der Waals surface area contributed by atoms with Crippen molar-refractivity contribution in [1.82, 2.24) is 9.97 Å². The molecule has 1 amide bonds. The van der Waals surface area contributed by atoms with E-state index in [-0.39, 0.29) is 11.9 Å². The van der Waals surface area contributed by atoms with E-state index in [1.165, 1.54) is 0 Å². The average molecular weight is 327 g/mol. The third kappa shape index (κ3) is 3.59. The number of nitrogens with two attached hydrogens (primary N) is 1. The van der Waals surface area contributed by atoms with E-state index in [2.05, 4.69) is 27.5 Å². The summed E-state index contributed by atoms with van der Waals surface area (Å²) in [5.74, 6) is 1.17. The molecule has 6 nitrogen and oxygen atoms in total. The molecule has 0 spiro atoms. The van der Waals surface area contributed by atoms with E-state index in [4.69, 9.17) is 5.73 Å². The number of hydrogen-bond acceptors (Lipinski definition) is 4. The molecule has 0 radical (unpaired) electrons. The van der Waals surface area contributed by atoms with Gasteiger partial charge in [0, 0.05) is 24.7 Å². The van der Waals surface area contributed by atoms with Crippen LogP contribution in [0.2, 0.25) is 0 Å². The summed E-state index contributed by atoms with van der Waals surface area (Å²) >= 11 is 0. The van der Waals surface area contributed by atoms with E-state index in [1.54, 1.807) is 6.20 Å². The number of imidazole rings is 1. The van der Waals surface area contributed by atoms with Crippen molar-refractivity contribution in [2.24, 2.45) is 11.7 Å². The van der Waals surface area contributed by atoms with E-state index in [9.17, 15) is 4.79 Å². The highest BCUT2D eigenvalue weighted by Crippen LogP contribution is 2.31. The number of benzene rings is 1. The van der Waals surface area contributed by atoms with Crippen LogP contribution in [-0.2, 0) is 4.79 Å². The maximum Gasteiger partial charge on any atom is 0.224 e. The van der Waals surface area contributed by atoms with Gasteiger partial charge in [0.05, 0.1) is 23.6 Å². The van der Waals surface area contributed by atoms with Crippen LogP contribution in [0.15, 0.2) is 24.4 Å². The van der Waals surface area contributed by atoms with Gasteiger partial charge in [-0.3, -0.25) is 4.79 Å². The van der Waals surface area contributed by atoms with Crippen molar-refractivity contribution in [2.45, 2.75) is 38.6 Å². The zero-order valence-electron chi connectivity index (χ0n) is 14.2. The Morgan fingerprint density at radius 1 is 1.33 bits per heavy atom. The first-order valence-electron chi connectivity index (χ1n) is 8.49. The Kier molecular flexibility index (Phi) is 4.85. The number of anilines is 2. The minimum Gasteiger partial charge on any atom is -0.388 e. The monoisotopic (exact) mass is 327 g/mol. The Morgan fingerprint density at radius 2 is 2.17 bits per heavy atom. The highest BCUT2D eigenvalue weighted by molar-refractivity contribution is 5.96. The number of carbonyl (C=O) groups excluding carboxylic acids is 1. The lowest BCUT2D eigenvalue weighted by Crippen LogP contribution is -2.16. The van der Waals surface area contributed by atoms with Crippen molar-refractivity contribution in [3.63, 3.8) is 0 Å². The summed E-state index contributed by atoms with van der Waals surface area (Å²) in [4.78, 5) is 20.2. The van der Waals surface area contributed by atoms with E-state index in [0.29, 0.717) is 12.3 Å². The van der Waals surface area contributed by atoms with Gasteiger partial charge in [0.2, 0.25) is 5.91 Å². The normalized spacial score (nSPS) is 21.7. The average Bonchev–Trinajstić information content (AvgIpc) is 3.03. The van der Waals surface area contributed by atoms with Crippen LogP contribution < -0.4 is 16.4 Å². The summed E-state index contributed by atoms with van der Waals surface area (Å²) in [6, 6.07) is 5.80. The molecule has 1 aliphatic heterocycles. The number of nitrogens with zero attached hydrogens (tertiary/aromatic N) is 1. The largest absolute Gasteiger partial charge is 0.388 e. The lowest BCUT2D eigenvalue weighted by Gasteiger charge is -2.14. The molecule has 0 fully saturated rings. The van der Waals surface area contributed by atoms with Crippen LogP contribution in [0.4, 0.5) is 11.4 Å². The van der Waals surface area contributed by atoms with Crippen molar-refractivity contribution in [2.75, 3.05) is 17.7 Å². The third-order valence-electron chi connectivity index (χ3n) is 4.57. The van der Waals surface area contributed by atoms with Gasteiger partial charge >= 0.3 is 0 Å². The standard InChI is InChI=1S/C18H25N5O/c1-11-4-3-5-14(19)18-21-10-16(23-18)13-7-6-12(20-2)9-15(13)22-17(24)8-11/h6-7,9-11,14,20H,3-5,8,19H2,1-2H3,(H,21,23)(H,22,24). The van der Waals surface area contributed by atoms with Gasteiger partial charge in [-0.15, -0.1) is 0 Å². The van der Waals surface area contributed by atoms with Gasteiger partial charge in [-0.25, -0.2) is 4.98 Å². The number of carbonyl (C=O) groups is 1. The zero-order chi connectivity index (χ0) is 17.1. The first-order chi connectivity index (χ1) is 11.6. The molecule has 2 atom stereocenters. The molecule has 6 heteroatoms. The van der Waals surface area contributed by atoms with Gasteiger partial charge in [0.15, 0.2) is 0 Å². The van der Waals surface area contributed by atoms with E-state index in [0.717, 1.165) is 47.7 Å². The van der Waals surface area contributed by atoms with Crippen LogP contribution in [0.25, 0.3) is 11.3 Å². The van der Waals surface area contributed by atoms with Gasteiger partial charge in [-0.2, -0.15) is 0 Å². The molecule has 5 N–H and O–H groups in total. The number of aromatic nitrogens is 2. The minimum absolute atomic E-state index is 0.0419. The lowest BCUT2D eigenvalue weighted by molar-refractivity contribution is -0.117. The van der Waals surface area contributed by atoms with Crippen LogP contribution in [0, 0.1) is 5.92 Å². The van der Waals surface area contributed by atoms with Gasteiger partial charge < -0.3 is 21.4 Å². The molecular formula is C18H25N5O. The first kappa shape index (κ1) is 16.5. The number of aromatic amines is 1. The number of fused-ring (bicyclic) bond motifs is 4. The number of rotatable bonds is 1. The van der Waals surface area contributed by atoms with Crippen LogP contribution >= 0.6 is 0 Å². The third-order valence-corrected chi connectivity index (χ3v) is 4.57. The van der Waals surface area contributed by atoms with Crippen LogP contribution in [0.1, 0.15) is 44.5 Å². The predicted octanol–water partition coefficient (Wildman–Crippen LogP) is 3.27. The molecule has 2 aromatic rings. The fourth-order valence-electron chi connectivity index (χ4n) is 3.14. The molecule has 2 unspecified atom stereocenters. The summed E-state index contributed by atoms with van der Waals surface area (Å²) in [7, 11) is 1.86.